The summed E-state index contributed by atoms with van der Waals surface area (Å²) >= 11 is 0. The summed E-state index contributed by atoms with van der Waals surface area (Å²) in [4.78, 5) is 16.2. The number of hydrogen-bond donors (Lipinski definition) is 3. The molecule has 0 saturated carbocycles. The van der Waals surface area contributed by atoms with Crippen molar-refractivity contribution in [1.82, 2.24) is 20.1 Å². The Kier molecular flexibility index (Phi) is 5.06. The van der Waals surface area contributed by atoms with Crippen molar-refractivity contribution in [3.63, 3.8) is 0 Å². The molecule has 0 radical (unpaired) electrons. The third-order valence-electron chi connectivity index (χ3n) is 3.75. The van der Waals surface area contributed by atoms with Crippen molar-refractivity contribution in [1.29, 1.82) is 0 Å². The van der Waals surface area contributed by atoms with E-state index >= 15 is 0 Å². The van der Waals surface area contributed by atoms with Gasteiger partial charge in [-0.1, -0.05) is 30.3 Å². The third kappa shape index (κ3) is 4.21. The van der Waals surface area contributed by atoms with E-state index < -0.39 is 0 Å². The molecule has 0 bridgehead atoms. The number of nitrogens with one attached hydrogen (secondary N) is 2. The second-order valence-corrected chi connectivity index (χ2v) is 5.67. The first kappa shape index (κ1) is 16.7. The molecule has 1 unspecified atom stereocenters. The number of nitrogens with two attached hydrogens (primary N) is 1. The Balaban J connectivity index is 1.59. The first-order valence-corrected chi connectivity index (χ1v) is 7.95. The summed E-state index contributed by atoms with van der Waals surface area (Å²) in [5, 5.41) is 9.90. The fourth-order valence-electron chi connectivity index (χ4n) is 2.38. The van der Waals surface area contributed by atoms with Gasteiger partial charge in [0.15, 0.2) is 5.82 Å². The topological polar surface area (TPSA) is 97.9 Å². The fraction of sp³-hybridized carbons (Fsp3) is 0.167. The predicted molar refractivity (Wildman–Crippen MR) is 96.5 cm³/mol. The van der Waals surface area contributed by atoms with Crippen LogP contribution in [0.5, 0.6) is 0 Å². The Bertz CT molecular complexity index is 831. The quantitative estimate of drug-likeness (QED) is 0.666. The second kappa shape index (κ2) is 7.59. The van der Waals surface area contributed by atoms with Crippen molar-refractivity contribution < 1.29 is 4.79 Å². The number of urea groups is 1. The minimum absolute atomic E-state index is 0.263. The van der Waals surface area contributed by atoms with E-state index in [0.29, 0.717) is 12.4 Å². The zero-order valence-corrected chi connectivity index (χ0v) is 13.9. The number of aromatic nitrogens is 3. The number of nitrogens with zero attached hydrogens (tertiary/aromatic N) is 3. The van der Waals surface area contributed by atoms with E-state index in [9.17, 15) is 4.79 Å². The van der Waals surface area contributed by atoms with Crippen LogP contribution in [0.4, 0.5) is 10.6 Å². The molecule has 7 heteroatoms. The molecule has 0 fully saturated rings. The number of hydrogen-bond acceptors (Lipinski definition) is 4. The lowest BCUT2D eigenvalue weighted by atomic mass is 10.1. The summed E-state index contributed by atoms with van der Waals surface area (Å²) in [6.07, 6.45) is 5.24. The van der Waals surface area contributed by atoms with Crippen LogP contribution < -0.4 is 16.4 Å². The molecule has 0 saturated heterocycles. The summed E-state index contributed by atoms with van der Waals surface area (Å²) in [7, 11) is 0. The second-order valence-electron chi connectivity index (χ2n) is 5.67. The monoisotopic (exact) mass is 336 g/mol. The van der Waals surface area contributed by atoms with Crippen LogP contribution in [0.15, 0.2) is 61.1 Å². The molecule has 1 atom stereocenters. The highest BCUT2D eigenvalue weighted by Gasteiger charge is 2.12. The summed E-state index contributed by atoms with van der Waals surface area (Å²) < 4.78 is 1.67. The molecule has 4 N–H and O–H groups in total. The average Bonchev–Trinajstić information content (AvgIpc) is 3.01. The number of anilines is 1. The Morgan fingerprint density at radius 3 is 2.76 bits per heavy atom. The molecule has 0 spiro atoms. The molecule has 128 valence electrons. The van der Waals surface area contributed by atoms with E-state index in [4.69, 9.17) is 5.73 Å². The number of benzene rings is 1. The summed E-state index contributed by atoms with van der Waals surface area (Å²) in [6.45, 7) is 2.21. The first-order chi connectivity index (χ1) is 12.1. The maximum absolute atomic E-state index is 12.1. The van der Waals surface area contributed by atoms with Crippen LogP contribution in [0.1, 0.15) is 17.2 Å². The van der Waals surface area contributed by atoms with E-state index in [1.807, 2.05) is 55.6 Å². The van der Waals surface area contributed by atoms with Crippen molar-refractivity contribution in [2.45, 2.75) is 13.0 Å². The van der Waals surface area contributed by atoms with Crippen LogP contribution in [0.25, 0.3) is 5.69 Å². The Labute approximate surface area is 145 Å². The minimum atomic E-state index is -0.342. The molecular formula is C18H20N6O. The number of carbonyl (C=O) groups is 1. The molecule has 25 heavy (non-hydrogen) atoms. The van der Waals surface area contributed by atoms with Gasteiger partial charge in [-0.25, -0.2) is 9.48 Å². The van der Waals surface area contributed by atoms with Crippen molar-refractivity contribution in [3.8, 4) is 5.69 Å². The van der Waals surface area contributed by atoms with Gasteiger partial charge in [-0.3, -0.25) is 10.3 Å². The number of amides is 2. The van der Waals surface area contributed by atoms with Crippen LogP contribution in [0, 0.1) is 6.92 Å². The Morgan fingerprint density at radius 2 is 2.04 bits per heavy atom. The van der Waals surface area contributed by atoms with Crippen LogP contribution in [-0.2, 0) is 0 Å². The summed E-state index contributed by atoms with van der Waals surface area (Å²) in [5.41, 5.74) is 8.73. The van der Waals surface area contributed by atoms with E-state index in [2.05, 4.69) is 20.7 Å². The Morgan fingerprint density at radius 1 is 1.24 bits per heavy atom. The van der Waals surface area contributed by atoms with Gasteiger partial charge in [0.2, 0.25) is 0 Å². The van der Waals surface area contributed by atoms with Gasteiger partial charge in [-0.05, 0) is 24.6 Å². The maximum Gasteiger partial charge on any atom is 0.320 e. The third-order valence-corrected chi connectivity index (χ3v) is 3.75. The van der Waals surface area contributed by atoms with Crippen molar-refractivity contribution >= 4 is 11.8 Å². The van der Waals surface area contributed by atoms with Gasteiger partial charge >= 0.3 is 6.03 Å². The van der Waals surface area contributed by atoms with Crippen LogP contribution in [0.2, 0.25) is 0 Å². The van der Waals surface area contributed by atoms with E-state index in [1.165, 1.54) is 0 Å². The van der Waals surface area contributed by atoms with E-state index in [0.717, 1.165) is 16.8 Å². The Hall–Kier alpha value is -3.19. The average molecular weight is 336 g/mol. The van der Waals surface area contributed by atoms with Gasteiger partial charge < -0.3 is 11.1 Å². The highest BCUT2D eigenvalue weighted by molar-refractivity contribution is 5.88. The highest BCUT2D eigenvalue weighted by Crippen LogP contribution is 2.15. The normalized spacial score (nSPS) is 11.8. The lowest BCUT2D eigenvalue weighted by molar-refractivity contribution is 0.251. The molecule has 7 nitrogen and oxygen atoms in total. The molecule has 1 aromatic carbocycles. The largest absolute Gasteiger partial charge is 0.336 e. The van der Waals surface area contributed by atoms with Gasteiger partial charge in [0, 0.05) is 30.5 Å². The number of aryl methyl sites for hydroxylation is 1. The molecule has 0 aliphatic rings. The molecule has 3 rings (SSSR count). The molecule has 0 aliphatic heterocycles. The van der Waals surface area contributed by atoms with Gasteiger partial charge in [-0.15, -0.1) is 5.10 Å². The molecule has 2 amide bonds. The van der Waals surface area contributed by atoms with Gasteiger partial charge in [0.25, 0.3) is 0 Å². The summed E-state index contributed by atoms with van der Waals surface area (Å²) in [5.74, 6) is 0.495. The predicted octanol–water partition coefficient (Wildman–Crippen LogP) is 2.40. The fourth-order valence-corrected chi connectivity index (χ4v) is 2.38. The van der Waals surface area contributed by atoms with Crippen molar-refractivity contribution in [3.05, 3.63) is 72.2 Å². The molecular weight excluding hydrogens is 316 g/mol. The lowest BCUT2D eigenvalue weighted by Crippen LogP contribution is -2.35. The molecule has 0 aliphatic carbocycles. The number of carbonyl (C=O) groups excluding carboxylic acids is 1. The molecule has 3 aromatic rings. The standard InChI is InChI=1S/C18H20N6O/c1-13-12-24(15-8-5-9-20-10-15)23-17(13)22-18(25)21-11-16(19)14-6-3-2-4-7-14/h2-10,12,16H,11,19H2,1H3,(H2,21,22,23,25). The smallest absolute Gasteiger partial charge is 0.320 e. The van der Waals surface area contributed by atoms with Gasteiger partial charge in [-0.2, -0.15) is 0 Å². The van der Waals surface area contributed by atoms with E-state index in [1.54, 1.807) is 17.1 Å². The van der Waals surface area contributed by atoms with E-state index in [-0.39, 0.29) is 12.1 Å². The lowest BCUT2D eigenvalue weighted by Gasteiger charge is -2.13. The van der Waals surface area contributed by atoms with Crippen molar-refractivity contribution in [2.75, 3.05) is 11.9 Å². The first-order valence-electron chi connectivity index (χ1n) is 7.95. The molecule has 2 aromatic heterocycles. The zero-order valence-electron chi connectivity index (χ0n) is 13.9. The van der Waals surface area contributed by atoms with Crippen molar-refractivity contribution in [2.24, 2.45) is 5.73 Å². The van der Waals surface area contributed by atoms with Crippen LogP contribution in [0.3, 0.4) is 0 Å². The zero-order chi connectivity index (χ0) is 17.6. The summed E-state index contributed by atoms with van der Waals surface area (Å²) in [6, 6.07) is 12.8. The highest BCUT2D eigenvalue weighted by atomic mass is 16.2. The van der Waals surface area contributed by atoms with Gasteiger partial charge in [0.1, 0.15) is 0 Å². The SMILES string of the molecule is Cc1cn(-c2cccnc2)nc1NC(=O)NCC(N)c1ccccc1. The van der Waals surface area contributed by atoms with Crippen LogP contribution >= 0.6 is 0 Å². The van der Waals surface area contributed by atoms with Crippen LogP contribution in [-0.4, -0.2) is 27.3 Å². The minimum Gasteiger partial charge on any atom is -0.336 e. The molecule has 2 heterocycles. The number of rotatable bonds is 5. The number of pyridine rings is 1. The van der Waals surface area contributed by atoms with Gasteiger partial charge in [0.05, 0.1) is 11.9 Å². The maximum atomic E-state index is 12.1.